The first-order valence-corrected chi connectivity index (χ1v) is 9.49. The van der Waals surface area contributed by atoms with Crippen molar-refractivity contribution in [1.29, 1.82) is 0 Å². The molecule has 1 fully saturated rings. The van der Waals surface area contributed by atoms with Crippen LogP contribution in [0.5, 0.6) is 0 Å². The van der Waals surface area contributed by atoms with E-state index in [1.165, 1.54) is 6.20 Å². The second kappa shape index (κ2) is 7.09. The second-order valence-electron chi connectivity index (χ2n) is 5.53. The van der Waals surface area contributed by atoms with Gasteiger partial charge in [-0.05, 0) is 25.8 Å². The van der Waals surface area contributed by atoms with Crippen molar-refractivity contribution >= 4 is 21.4 Å². The summed E-state index contributed by atoms with van der Waals surface area (Å²) >= 11 is 0. The predicted molar refractivity (Wildman–Crippen MR) is 86.9 cm³/mol. The number of nitrogens with zero attached hydrogens (tertiary/aromatic N) is 2. The van der Waals surface area contributed by atoms with Crippen LogP contribution in [0.15, 0.2) is 18.5 Å². The van der Waals surface area contributed by atoms with Crippen molar-refractivity contribution in [2.75, 3.05) is 29.5 Å². The SMILES string of the molecule is CCCNC(=O)c1cncc(N(CC)C2CCS(=O)(=O)C2)c1. The molecule has 2 heterocycles. The molecule has 1 N–H and O–H groups in total. The molecule has 0 aliphatic carbocycles. The molecule has 1 aliphatic rings. The van der Waals surface area contributed by atoms with Gasteiger partial charge in [-0.1, -0.05) is 6.92 Å². The van der Waals surface area contributed by atoms with E-state index in [9.17, 15) is 13.2 Å². The van der Waals surface area contributed by atoms with Gasteiger partial charge in [0.05, 0.1) is 29.0 Å². The average molecular weight is 325 g/mol. The van der Waals surface area contributed by atoms with Gasteiger partial charge in [0, 0.05) is 25.3 Å². The van der Waals surface area contributed by atoms with Crippen LogP contribution >= 0.6 is 0 Å². The number of pyridine rings is 1. The van der Waals surface area contributed by atoms with Gasteiger partial charge in [0.15, 0.2) is 9.84 Å². The molecule has 0 bridgehead atoms. The molecule has 1 aromatic heterocycles. The Bertz CT molecular complexity index is 631. The van der Waals surface area contributed by atoms with Gasteiger partial charge in [-0.25, -0.2) is 8.42 Å². The summed E-state index contributed by atoms with van der Waals surface area (Å²) < 4.78 is 23.4. The highest BCUT2D eigenvalue weighted by Gasteiger charge is 2.32. The third-order valence-corrected chi connectivity index (χ3v) is 5.59. The molecule has 0 aromatic carbocycles. The summed E-state index contributed by atoms with van der Waals surface area (Å²) in [5.41, 5.74) is 1.30. The van der Waals surface area contributed by atoms with E-state index in [0.717, 1.165) is 12.1 Å². The Balaban J connectivity index is 2.18. The largest absolute Gasteiger partial charge is 0.367 e. The molecular weight excluding hydrogens is 302 g/mol. The smallest absolute Gasteiger partial charge is 0.252 e. The minimum Gasteiger partial charge on any atom is -0.367 e. The van der Waals surface area contributed by atoms with Gasteiger partial charge in [-0.15, -0.1) is 0 Å². The number of sulfone groups is 1. The number of carbonyl (C=O) groups is 1. The fraction of sp³-hybridized carbons (Fsp3) is 0.600. The summed E-state index contributed by atoms with van der Waals surface area (Å²) in [6, 6.07) is 1.75. The molecular formula is C15H23N3O3S. The number of nitrogens with one attached hydrogen (secondary N) is 1. The summed E-state index contributed by atoms with van der Waals surface area (Å²) in [5, 5.41) is 2.82. The van der Waals surface area contributed by atoms with Crippen LogP contribution in [0.4, 0.5) is 5.69 Å². The minimum absolute atomic E-state index is 0.0363. The zero-order valence-electron chi connectivity index (χ0n) is 13.1. The minimum atomic E-state index is -2.94. The number of carbonyl (C=O) groups excluding carboxylic acids is 1. The maximum absolute atomic E-state index is 12.0. The zero-order chi connectivity index (χ0) is 16.2. The monoisotopic (exact) mass is 325 g/mol. The Morgan fingerprint density at radius 2 is 2.18 bits per heavy atom. The van der Waals surface area contributed by atoms with E-state index in [1.54, 1.807) is 12.3 Å². The molecule has 6 nitrogen and oxygen atoms in total. The zero-order valence-corrected chi connectivity index (χ0v) is 13.9. The second-order valence-corrected chi connectivity index (χ2v) is 7.76. The maximum Gasteiger partial charge on any atom is 0.252 e. The van der Waals surface area contributed by atoms with Crippen LogP contribution in [0.2, 0.25) is 0 Å². The maximum atomic E-state index is 12.0. The lowest BCUT2D eigenvalue weighted by Crippen LogP contribution is -2.36. The average Bonchev–Trinajstić information content (AvgIpc) is 2.86. The lowest BCUT2D eigenvalue weighted by molar-refractivity contribution is 0.0953. The number of rotatable bonds is 6. The molecule has 0 saturated carbocycles. The van der Waals surface area contributed by atoms with Crippen molar-refractivity contribution in [2.45, 2.75) is 32.7 Å². The van der Waals surface area contributed by atoms with Crippen molar-refractivity contribution in [3.05, 3.63) is 24.0 Å². The lowest BCUT2D eigenvalue weighted by Gasteiger charge is -2.29. The summed E-state index contributed by atoms with van der Waals surface area (Å²) in [6.07, 6.45) is 4.72. The first-order valence-electron chi connectivity index (χ1n) is 7.67. The third-order valence-electron chi connectivity index (χ3n) is 3.84. The molecule has 1 atom stereocenters. The first kappa shape index (κ1) is 16.7. The molecule has 122 valence electrons. The lowest BCUT2D eigenvalue weighted by atomic mass is 10.1. The van der Waals surface area contributed by atoms with Crippen LogP contribution in [0.25, 0.3) is 0 Å². The normalized spacial score (nSPS) is 19.8. The Kier molecular flexibility index (Phi) is 5.39. The molecule has 1 aliphatic heterocycles. The van der Waals surface area contributed by atoms with E-state index in [-0.39, 0.29) is 23.5 Å². The Hall–Kier alpha value is -1.63. The quantitative estimate of drug-likeness (QED) is 0.851. The first-order chi connectivity index (χ1) is 10.5. The van der Waals surface area contributed by atoms with Gasteiger partial charge in [0.2, 0.25) is 0 Å². The Morgan fingerprint density at radius 1 is 1.41 bits per heavy atom. The molecule has 1 saturated heterocycles. The van der Waals surface area contributed by atoms with E-state index in [0.29, 0.717) is 25.1 Å². The van der Waals surface area contributed by atoms with Crippen LogP contribution in [-0.2, 0) is 9.84 Å². The van der Waals surface area contributed by atoms with Crippen molar-refractivity contribution in [3.63, 3.8) is 0 Å². The van der Waals surface area contributed by atoms with E-state index in [2.05, 4.69) is 10.3 Å². The molecule has 1 amide bonds. The van der Waals surface area contributed by atoms with Crippen LogP contribution in [-0.4, -0.2) is 49.9 Å². The fourth-order valence-corrected chi connectivity index (χ4v) is 4.45. The Labute approximate surface area is 131 Å². The molecule has 2 rings (SSSR count). The fourth-order valence-electron chi connectivity index (χ4n) is 2.72. The summed E-state index contributed by atoms with van der Waals surface area (Å²) in [7, 11) is -2.94. The van der Waals surface area contributed by atoms with Gasteiger partial charge < -0.3 is 10.2 Å². The summed E-state index contributed by atoms with van der Waals surface area (Å²) in [4.78, 5) is 18.2. The predicted octanol–water partition coefficient (Wildman–Crippen LogP) is 1.23. The number of amides is 1. The van der Waals surface area contributed by atoms with Gasteiger partial charge in [0.1, 0.15) is 0 Å². The Morgan fingerprint density at radius 3 is 2.77 bits per heavy atom. The standard InChI is InChI=1S/C15H23N3O3S/c1-3-6-17-15(19)12-8-14(10-16-9-12)18(4-2)13-5-7-22(20,21)11-13/h8-10,13H,3-7,11H2,1-2H3,(H,17,19). The molecule has 0 radical (unpaired) electrons. The van der Waals surface area contributed by atoms with Gasteiger partial charge in [-0.3, -0.25) is 9.78 Å². The summed E-state index contributed by atoms with van der Waals surface area (Å²) in [5.74, 6) is 0.261. The highest BCUT2D eigenvalue weighted by Crippen LogP contribution is 2.24. The van der Waals surface area contributed by atoms with E-state index in [4.69, 9.17) is 0 Å². The highest BCUT2D eigenvalue weighted by molar-refractivity contribution is 7.91. The number of hydrogen-bond acceptors (Lipinski definition) is 5. The molecule has 22 heavy (non-hydrogen) atoms. The van der Waals surface area contributed by atoms with E-state index in [1.807, 2.05) is 18.7 Å². The number of anilines is 1. The van der Waals surface area contributed by atoms with Crippen molar-refractivity contribution in [3.8, 4) is 0 Å². The third kappa shape index (κ3) is 3.97. The van der Waals surface area contributed by atoms with E-state index < -0.39 is 9.84 Å². The number of hydrogen-bond donors (Lipinski definition) is 1. The van der Waals surface area contributed by atoms with Crippen LogP contribution in [0.3, 0.4) is 0 Å². The van der Waals surface area contributed by atoms with E-state index >= 15 is 0 Å². The molecule has 1 unspecified atom stereocenters. The van der Waals surface area contributed by atoms with Crippen LogP contribution in [0, 0.1) is 0 Å². The highest BCUT2D eigenvalue weighted by atomic mass is 32.2. The molecule has 0 spiro atoms. The number of aromatic nitrogens is 1. The van der Waals surface area contributed by atoms with Crippen molar-refractivity contribution in [2.24, 2.45) is 0 Å². The van der Waals surface area contributed by atoms with Crippen LogP contribution in [0.1, 0.15) is 37.0 Å². The van der Waals surface area contributed by atoms with Gasteiger partial charge in [-0.2, -0.15) is 0 Å². The molecule has 1 aromatic rings. The molecule has 7 heteroatoms. The van der Waals surface area contributed by atoms with Crippen molar-refractivity contribution < 1.29 is 13.2 Å². The van der Waals surface area contributed by atoms with Gasteiger partial charge in [0.25, 0.3) is 5.91 Å². The van der Waals surface area contributed by atoms with Crippen LogP contribution < -0.4 is 10.2 Å². The van der Waals surface area contributed by atoms with Crippen molar-refractivity contribution in [1.82, 2.24) is 10.3 Å². The topological polar surface area (TPSA) is 79.4 Å². The summed E-state index contributed by atoms with van der Waals surface area (Å²) in [6.45, 7) is 5.28. The van der Waals surface area contributed by atoms with Gasteiger partial charge >= 0.3 is 0 Å².